The molecule has 1 rings (SSSR count). The van der Waals surface area contributed by atoms with Crippen LogP contribution in [-0.4, -0.2) is 89.4 Å². The van der Waals surface area contributed by atoms with Gasteiger partial charge < -0.3 is 48.9 Å². The molecule has 0 unspecified atom stereocenters. The van der Waals surface area contributed by atoms with Crippen molar-refractivity contribution in [1.29, 1.82) is 0 Å². The first-order chi connectivity index (χ1) is 22.4. The fraction of sp³-hybridized carbons (Fsp3) is 0.594. The number of amides is 5. The van der Waals surface area contributed by atoms with Gasteiger partial charge in [0.2, 0.25) is 29.5 Å². The topological polar surface area (TPSA) is 273 Å². The van der Waals surface area contributed by atoms with E-state index >= 15 is 0 Å². The zero-order chi connectivity index (χ0) is 36.6. The van der Waals surface area contributed by atoms with Gasteiger partial charge in [-0.25, -0.2) is 4.79 Å². The second-order valence-electron chi connectivity index (χ2n) is 12.5. The van der Waals surface area contributed by atoms with Crippen LogP contribution in [0.15, 0.2) is 35.3 Å². The van der Waals surface area contributed by atoms with E-state index in [4.69, 9.17) is 17.2 Å². The van der Waals surface area contributed by atoms with Gasteiger partial charge in [0.25, 0.3) is 0 Å². The molecule has 1 aromatic carbocycles. The molecular weight excluding hydrogens is 622 g/mol. The van der Waals surface area contributed by atoms with Crippen LogP contribution in [0, 0.1) is 11.8 Å². The number of guanidine groups is 1. The number of carbonyl (C=O) groups is 6. The number of hydrogen-bond donors (Lipinski definition) is 9. The summed E-state index contributed by atoms with van der Waals surface area (Å²) in [5, 5.41) is 22.4. The minimum Gasteiger partial charge on any atom is -0.480 e. The molecule has 0 aromatic heterocycles. The Hall–Kier alpha value is -4.73. The van der Waals surface area contributed by atoms with Gasteiger partial charge in [0.1, 0.15) is 30.2 Å². The molecule has 5 amide bonds. The highest BCUT2D eigenvalue weighted by atomic mass is 16.4. The normalized spacial score (nSPS) is 14.8. The average molecular weight is 676 g/mol. The number of carboxylic acids is 1. The summed E-state index contributed by atoms with van der Waals surface area (Å²) >= 11 is 0. The minimum absolute atomic E-state index is 0.0144. The summed E-state index contributed by atoms with van der Waals surface area (Å²) in [7, 11) is 0. The molecule has 16 nitrogen and oxygen atoms in total. The van der Waals surface area contributed by atoms with Gasteiger partial charge in [-0.1, -0.05) is 58.0 Å². The molecule has 0 aliphatic heterocycles. The Balaban J connectivity index is 2.81. The quantitative estimate of drug-likeness (QED) is 0.0455. The number of nitrogens with one attached hydrogen (secondary N) is 5. The first kappa shape index (κ1) is 41.3. The molecule has 0 bridgehead atoms. The largest absolute Gasteiger partial charge is 0.480 e. The fourth-order valence-corrected chi connectivity index (χ4v) is 4.54. The van der Waals surface area contributed by atoms with Gasteiger partial charge in [-0.3, -0.25) is 29.0 Å². The van der Waals surface area contributed by atoms with E-state index in [2.05, 4.69) is 31.6 Å². The molecule has 268 valence electrons. The molecule has 1 aromatic rings. The number of aliphatic imine (C=N–C) groups is 1. The Kier molecular flexibility index (Phi) is 17.6. The van der Waals surface area contributed by atoms with Crippen LogP contribution in [0.1, 0.15) is 66.4 Å². The third kappa shape index (κ3) is 15.2. The van der Waals surface area contributed by atoms with E-state index in [0.29, 0.717) is 18.5 Å². The summed E-state index contributed by atoms with van der Waals surface area (Å²) in [6.45, 7) is 10.2. The van der Waals surface area contributed by atoms with Crippen molar-refractivity contribution < 1.29 is 33.9 Å². The summed E-state index contributed by atoms with van der Waals surface area (Å²) in [6.07, 6.45) is 1.06. The zero-order valence-corrected chi connectivity index (χ0v) is 28.6. The Morgan fingerprint density at radius 2 is 1.27 bits per heavy atom. The van der Waals surface area contributed by atoms with Gasteiger partial charge in [-0.2, -0.15) is 0 Å². The molecule has 16 heteroatoms. The molecule has 0 aliphatic carbocycles. The second kappa shape index (κ2) is 20.5. The molecule has 0 aliphatic rings. The second-order valence-corrected chi connectivity index (χ2v) is 12.5. The number of carbonyl (C=O) groups excluding carboxylic acids is 5. The maximum atomic E-state index is 13.2. The summed E-state index contributed by atoms with van der Waals surface area (Å²) in [5.74, 6) is -4.90. The molecule has 48 heavy (non-hydrogen) atoms. The summed E-state index contributed by atoms with van der Waals surface area (Å²) < 4.78 is 0. The van der Waals surface area contributed by atoms with Gasteiger partial charge in [-0.15, -0.1) is 0 Å². The van der Waals surface area contributed by atoms with E-state index in [-0.39, 0.29) is 31.1 Å². The Bertz CT molecular complexity index is 1270. The standard InChI is InChI=1S/C32H53N9O7/c1-17(2)15-23(39-28(44)22(33)13-10-14-36-32(34)35)29(45)37-20(6)27(43)41-25(18(3)4)30(46)38-19(5)26(42)40-24(31(47)48)16-21-11-8-7-9-12-21/h7-9,11-12,17-20,22-25H,10,13-16,33H2,1-6H3,(H,37,45)(H,38,46)(H,39,44)(H,40,42)(H,41,43)(H,47,48)(H4,34,35,36)/t19-,20-,22-,23-,24-,25-/m0/s1. The van der Waals surface area contributed by atoms with Crippen molar-refractivity contribution in [3.63, 3.8) is 0 Å². The highest BCUT2D eigenvalue weighted by Crippen LogP contribution is 2.08. The van der Waals surface area contributed by atoms with Crippen molar-refractivity contribution in [2.75, 3.05) is 6.54 Å². The van der Waals surface area contributed by atoms with Crippen molar-refractivity contribution in [3.8, 4) is 0 Å². The fourth-order valence-electron chi connectivity index (χ4n) is 4.54. The Morgan fingerprint density at radius 3 is 1.79 bits per heavy atom. The van der Waals surface area contributed by atoms with Crippen LogP contribution in [0.4, 0.5) is 0 Å². The Labute approximate surface area is 281 Å². The first-order valence-electron chi connectivity index (χ1n) is 16.0. The monoisotopic (exact) mass is 675 g/mol. The van der Waals surface area contributed by atoms with Crippen LogP contribution in [0.5, 0.6) is 0 Å². The number of aliphatic carboxylic acids is 1. The van der Waals surface area contributed by atoms with Crippen LogP contribution in [0.2, 0.25) is 0 Å². The lowest BCUT2D eigenvalue weighted by molar-refractivity contribution is -0.142. The van der Waals surface area contributed by atoms with Crippen LogP contribution in [0.25, 0.3) is 0 Å². The summed E-state index contributed by atoms with van der Waals surface area (Å²) in [6, 6.07) is 2.37. The van der Waals surface area contributed by atoms with Gasteiger partial charge >= 0.3 is 5.97 Å². The van der Waals surface area contributed by atoms with Crippen LogP contribution in [-0.2, 0) is 35.2 Å². The van der Waals surface area contributed by atoms with E-state index in [0.717, 1.165) is 0 Å². The van der Waals surface area contributed by atoms with Crippen molar-refractivity contribution in [2.24, 2.45) is 34.0 Å². The van der Waals surface area contributed by atoms with E-state index < -0.39 is 77.7 Å². The smallest absolute Gasteiger partial charge is 0.326 e. The minimum atomic E-state index is -1.23. The molecule has 0 saturated heterocycles. The van der Waals surface area contributed by atoms with Crippen LogP contribution < -0.4 is 43.8 Å². The molecule has 6 atom stereocenters. The number of benzene rings is 1. The summed E-state index contributed by atoms with van der Waals surface area (Å²) in [5.41, 5.74) is 17.3. The zero-order valence-electron chi connectivity index (χ0n) is 28.6. The van der Waals surface area contributed by atoms with Crippen molar-refractivity contribution in [1.82, 2.24) is 26.6 Å². The third-order valence-electron chi connectivity index (χ3n) is 7.29. The van der Waals surface area contributed by atoms with E-state index in [1.54, 1.807) is 44.2 Å². The van der Waals surface area contributed by atoms with Gasteiger partial charge in [-0.05, 0) is 50.5 Å². The molecule has 12 N–H and O–H groups in total. The molecule has 0 spiro atoms. The van der Waals surface area contributed by atoms with Crippen molar-refractivity contribution in [2.45, 2.75) is 103 Å². The maximum absolute atomic E-state index is 13.2. The van der Waals surface area contributed by atoms with Gasteiger partial charge in [0.15, 0.2) is 5.96 Å². The number of hydrogen-bond acceptors (Lipinski definition) is 8. The molecular formula is C32H53N9O7. The third-order valence-corrected chi connectivity index (χ3v) is 7.29. The van der Waals surface area contributed by atoms with E-state index in [1.807, 2.05) is 13.8 Å². The molecule has 0 fully saturated rings. The Morgan fingerprint density at radius 1 is 0.729 bits per heavy atom. The van der Waals surface area contributed by atoms with Crippen LogP contribution in [0.3, 0.4) is 0 Å². The van der Waals surface area contributed by atoms with Crippen molar-refractivity contribution >= 4 is 41.5 Å². The predicted molar refractivity (Wildman–Crippen MR) is 181 cm³/mol. The number of nitrogens with zero attached hydrogens (tertiary/aromatic N) is 1. The first-order valence-corrected chi connectivity index (χ1v) is 16.0. The predicted octanol–water partition coefficient (Wildman–Crippen LogP) is -1.14. The van der Waals surface area contributed by atoms with Gasteiger partial charge in [0.05, 0.1) is 6.04 Å². The van der Waals surface area contributed by atoms with Gasteiger partial charge in [0, 0.05) is 13.0 Å². The SMILES string of the molecule is CC(C)C[C@H](NC(=O)[C@@H](N)CCCN=C(N)N)C(=O)N[C@@H](C)C(=O)N[C@H](C(=O)N[C@@H](C)C(=O)N[C@@H](Cc1ccccc1)C(=O)O)C(C)C. The molecule has 0 radical (unpaired) electrons. The average Bonchev–Trinajstić information content (AvgIpc) is 3.00. The van der Waals surface area contributed by atoms with Crippen LogP contribution >= 0.6 is 0 Å². The number of nitrogens with two attached hydrogens (primary N) is 3. The molecule has 0 saturated carbocycles. The highest BCUT2D eigenvalue weighted by molar-refractivity contribution is 5.96. The molecule has 0 heterocycles. The van der Waals surface area contributed by atoms with Crippen molar-refractivity contribution in [3.05, 3.63) is 35.9 Å². The van der Waals surface area contributed by atoms with E-state index in [9.17, 15) is 33.9 Å². The van der Waals surface area contributed by atoms with E-state index in [1.165, 1.54) is 13.8 Å². The lowest BCUT2D eigenvalue weighted by Gasteiger charge is -2.27. The lowest BCUT2D eigenvalue weighted by atomic mass is 10.0. The number of carboxylic acid groups (broad SMARTS) is 1. The summed E-state index contributed by atoms with van der Waals surface area (Å²) in [4.78, 5) is 80.5. The lowest BCUT2D eigenvalue weighted by Crippen LogP contribution is -2.59. The maximum Gasteiger partial charge on any atom is 0.326 e. The highest BCUT2D eigenvalue weighted by Gasteiger charge is 2.32. The number of rotatable bonds is 20.